The van der Waals surface area contributed by atoms with Gasteiger partial charge in [-0.15, -0.1) is 0 Å². The standard InChI is InChI=1S/C10H7NO3S/c12-10-3-4-15-11(10)7-1-2-8-9(5-7)14-6-13-8/h1-5H,6H2. The third kappa shape index (κ3) is 1.32. The molecule has 0 radical (unpaired) electrons. The second kappa shape index (κ2) is 3.13. The molecule has 0 aliphatic carbocycles. The van der Waals surface area contributed by atoms with Crippen molar-refractivity contribution in [3.05, 3.63) is 40.0 Å². The van der Waals surface area contributed by atoms with Gasteiger partial charge in [-0.2, -0.15) is 0 Å². The summed E-state index contributed by atoms with van der Waals surface area (Å²) in [6, 6.07) is 6.99. The lowest BCUT2D eigenvalue weighted by atomic mass is 10.3. The van der Waals surface area contributed by atoms with Gasteiger partial charge in [0.1, 0.15) is 0 Å². The molecule has 0 atom stereocenters. The molecule has 76 valence electrons. The van der Waals surface area contributed by atoms with Crippen LogP contribution < -0.4 is 15.0 Å². The number of ether oxygens (including phenoxy) is 2. The van der Waals surface area contributed by atoms with Crippen LogP contribution in [0.25, 0.3) is 5.69 Å². The Kier molecular flexibility index (Phi) is 1.78. The summed E-state index contributed by atoms with van der Waals surface area (Å²) in [4.78, 5) is 11.4. The van der Waals surface area contributed by atoms with E-state index >= 15 is 0 Å². The fourth-order valence-corrected chi connectivity index (χ4v) is 2.17. The number of benzene rings is 1. The van der Waals surface area contributed by atoms with Gasteiger partial charge in [-0.1, -0.05) is 11.5 Å². The van der Waals surface area contributed by atoms with Gasteiger partial charge < -0.3 is 9.47 Å². The van der Waals surface area contributed by atoms with Crippen LogP contribution in [0.15, 0.2) is 34.4 Å². The highest BCUT2D eigenvalue weighted by atomic mass is 32.1. The summed E-state index contributed by atoms with van der Waals surface area (Å²) in [6.45, 7) is 0.248. The van der Waals surface area contributed by atoms with Crippen molar-refractivity contribution in [2.75, 3.05) is 6.79 Å². The highest BCUT2D eigenvalue weighted by molar-refractivity contribution is 7.04. The summed E-state index contributed by atoms with van der Waals surface area (Å²) in [5, 5.41) is 1.76. The fourth-order valence-electron chi connectivity index (χ4n) is 1.47. The maximum atomic E-state index is 11.4. The van der Waals surface area contributed by atoms with Crippen LogP contribution in [0.2, 0.25) is 0 Å². The molecule has 3 rings (SSSR count). The quantitative estimate of drug-likeness (QED) is 0.734. The molecule has 0 unspecified atom stereocenters. The lowest BCUT2D eigenvalue weighted by molar-refractivity contribution is 0.174. The van der Waals surface area contributed by atoms with E-state index in [1.165, 1.54) is 17.6 Å². The minimum absolute atomic E-state index is 0.0288. The molecule has 0 spiro atoms. The number of aromatic nitrogens is 1. The van der Waals surface area contributed by atoms with Gasteiger partial charge in [-0.25, -0.2) is 3.96 Å². The Morgan fingerprint density at radius 1 is 1.20 bits per heavy atom. The highest BCUT2D eigenvalue weighted by Crippen LogP contribution is 2.33. The average Bonchev–Trinajstić information content (AvgIpc) is 2.84. The van der Waals surface area contributed by atoms with Crippen molar-refractivity contribution in [2.45, 2.75) is 0 Å². The molecule has 2 heterocycles. The van der Waals surface area contributed by atoms with Gasteiger partial charge >= 0.3 is 0 Å². The van der Waals surface area contributed by atoms with E-state index in [1.54, 1.807) is 15.4 Å². The van der Waals surface area contributed by atoms with E-state index < -0.39 is 0 Å². The molecule has 1 aliphatic heterocycles. The molecular weight excluding hydrogens is 214 g/mol. The number of rotatable bonds is 1. The lowest BCUT2D eigenvalue weighted by Crippen LogP contribution is -2.08. The van der Waals surface area contributed by atoms with Crippen molar-refractivity contribution in [3.63, 3.8) is 0 Å². The number of fused-ring (bicyclic) bond motifs is 1. The first kappa shape index (κ1) is 8.55. The summed E-state index contributed by atoms with van der Waals surface area (Å²) in [5.74, 6) is 1.41. The molecule has 5 heteroatoms. The van der Waals surface area contributed by atoms with Crippen LogP contribution in [-0.4, -0.2) is 10.7 Å². The molecule has 0 saturated heterocycles. The van der Waals surface area contributed by atoms with Crippen LogP contribution in [0.1, 0.15) is 0 Å². The lowest BCUT2D eigenvalue weighted by Gasteiger charge is -2.01. The minimum Gasteiger partial charge on any atom is -0.454 e. The summed E-state index contributed by atoms with van der Waals surface area (Å²) in [6.07, 6.45) is 0. The molecule has 4 nitrogen and oxygen atoms in total. The van der Waals surface area contributed by atoms with Gasteiger partial charge in [0.25, 0.3) is 5.56 Å². The zero-order chi connectivity index (χ0) is 10.3. The topological polar surface area (TPSA) is 40.5 Å². The third-order valence-electron chi connectivity index (χ3n) is 2.17. The number of hydrogen-bond acceptors (Lipinski definition) is 4. The van der Waals surface area contributed by atoms with Crippen molar-refractivity contribution >= 4 is 11.5 Å². The van der Waals surface area contributed by atoms with Gasteiger partial charge in [0, 0.05) is 17.5 Å². The summed E-state index contributed by atoms with van der Waals surface area (Å²) in [5.41, 5.74) is 0.776. The van der Waals surface area contributed by atoms with Crippen molar-refractivity contribution in [1.82, 2.24) is 3.96 Å². The minimum atomic E-state index is -0.0288. The normalized spacial score (nSPS) is 13.1. The van der Waals surface area contributed by atoms with Gasteiger partial charge in [0.2, 0.25) is 6.79 Å². The summed E-state index contributed by atoms with van der Waals surface area (Å²) in [7, 11) is 0. The molecule has 15 heavy (non-hydrogen) atoms. The van der Waals surface area contributed by atoms with Gasteiger partial charge in [0.05, 0.1) is 5.69 Å². The van der Waals surface area contributed by atoms with Gasteiger partial charge in [-0.05, 0) is 12.1 Å². The Labute approximate surface area is 89.4 Å². The first-order valence-electron chi connectivity index (χ1n) is 4.42. The van der Waals surface area contributed by atoms with E-state index in [-0.39, 0.29) is 12.4 Å². The smallest absolute Gasteiger partial charge is 0.265 e. The predicted molar refractivity (Wildman–Crippen MR) is 56.0 cm³/mol. The number of nitrogens with zero attached hydrogens (tertiary/aromatic N) is 1. The van der Waals surface area contributed by atoms with E-state index in [9.17, 15) is 4.79 Å². The molecule has 2 aromatic rings. The summed E-state index contributed by atoms with van der Waals surface area (Å²) >= 11 is 1.36. The Morgan fingerprint density at radius 2 is 2.07 bits per heavy atom. The van der Waals surface area contributed by atoms with E-state index in [1.807, 2.05) is 12.1 Å². The van der Waals surface area contributed by atoms with Crippen LogP contribution in [0.5, 0.6) is 11.5 Å². The molecule has 0 amide bonds. The van der Waals surface area contributed by atoms with Crippen LogP contribution in [0.3, 0.4) is 0 Å². The van der Waals surface area contributed by atoms with Crippen LogP contribution in [0.4, 0.5) is 0 Å². The zero-order valence-electron chi connectivity index (χ0n) is 7.67. The molecule has 0 saturated carbocycles. The molecule has 0 bridgehead atoms. The van der Waals surface area contributed by atoms with Gasteiger partial charge in [0.15, 0.2) is 11.5 Å². The molecule has 0 fully saturated rings. The van der Waals surface area contributed by atoms with Gasteiger partial charge in [-0.3, -0.25) is 4.79 Å². The highest BCUT2D eigenvalue weighted by Gasteiger charge is 2.14. The Hall–Kier alpha value is -1.75. The van der Waals surface area contributed by atoms with Crippen molar-refractivity contribution < 1.29 is 9.47 Å². The maximum Gasteiger partial charge on any atom is 0.265 e. The van der Waals surface area contributed by atoms with Crippen LogP contribution in [-0.2, 0) is 0 Å². The molecule has 1 aliphatic rings. The largest absolute Gasteiger partial charge is 0.454 e. The molecular formula is C10H7NO3S. The van der Waals surface area contributed by atoms with E-state index in [0.717, 1.165) is 11.4 Å². The molecule has 1 aromatic heterocycles. The first-order chi connectivity index (χ1) is 7.34. The SMILES string of the molecule is O=c1ccsn1-c1ccc2c(c1)OCO2. The van der Waals surface area contributed by atoms with E-state index in [0.29, 0.717) is 5.75 Å². The third-order valence-corrected chi connectivity index (χ3v) is 3.03. The second-order valence-electron chi connectivity index (χ2n) is 3.08. The van der Waals surface area contributed by atoms with Crippen LogP contribution >= 0.6 is 11.5 Å². The monoisotopic (exact) mass is 221 g/mol. The van der Waals surface area contributed by atoms with Crippen molar-refractivity contribution in [2.24, 2.45) is 0 Å². The maximum absolute atomic E-state index is 11.4. The number of hydrogen-bond donors (Lipinski definition) is 0. The Morgan fingerprint density at radius 3 is 2.87 bits per heavy atom. The van der Waals surface area contributed by atoms with Crippen molar-refractivity contribution in [3.8, 4) is 17.2 Å². The Bertz CT molecular complexity index is 558. The zero-order valence-corrected chi connectivity index (χ0v) is 8.49. The molecule has 1 aromatic carbocycles. The van der Waals surface area contributed by atoms with E-state index in [2.05, 4.69) is 0 Å². The fraction of sp³-hybridized carbons (Fsp3) is 0.100. The average molecular weight is 221 g/mol. The van der Waals surface area contributed by atoms with Crippen LogP contribution in [0, 0.1) is 0 Å². The van der Waals surface area contributed by atoms with E-state index in [4.69, 9.17) is 9.47 Å². The van der Waals surface area contributed by atoms with Crippen molar-refractivity contribution in [1.29, 1.82) is 0 Å². The second-order valence-corrected chi connectivity index (χ2v) is 3.93. The Balaban J connectivity index is 2.15. The predicted octanol–water partition coefficient (Wildman–Crippen LogP) is 1.63. The summed E-state index contributed by atoms with van der Waals surface area (Å²) < 4.78 is 12.0. The molecule has 0 N–H and O–H groups in total. The first-order valence-corrected chi connectivity index (χ1v) is 5.25.